The second-order valence-electron chi connectivity index (χ2n) is 10.3. The number of carbonyl (C=O) groups excluding carboxylic acids is 1. The molecule has 2 aromatic heterocycles. The number of piperazine rings is 1. The van der Waals surface area contributed by atoms with Crippen molar-refractivity contribution in [2.45, 2.75) is 24.5 Å². The van der Waals surface area contributed by atoms with Gasteiger partial charge in [-0.2, -0.15) is 4.37 Å². The molecule has 1 fully saturated rings. The molecule has 0 bridgehead atoms. The van der Waals surface area contributed by atoms with E-state index in [9.17, 15) is 17.6 Å². The van der Waals surface area contributed by atoms with Crippen LogP contribution in [0, 0.1) is 0 Å². The number of hydrogen-bond acceptors (Lipinski definition) is 7. The smallest absolute Gasteiger partial charge is 0.248 e. The maximum atomic E-state index is 14.1. The summed E-state index contributed by atoms with van der Waals surface area (Å²) in [7, 11) is -4.04. The predicted octanol–water partition coefficient (Wildman–Crippen LogP) is 5.40. The van der Waals surface area contributed by atoms with Gasteiger partial charge in [0.05, 0.1) is 10.2 Å². The topological polar surface area (TPSA) is 75.5 Å². The molecule has 39 heavy (non-hydrogen) atoms. The number of anilines is 1. The highest BCUT2D eigenvalue weighted by Crippen LogP contribution is 2.35. The predicted molar refractivity (Wildman–Crippen MR) is 155 cm³/mol. The van der Waals surface area contributed by atoms with Crippen LogP contribution < -0.4 is 4.90 Å². The van der Waals surface area contributed by atoms with Crippen molar-refractivity contribution in [1.82, 2.24) is 13.2 Å². The van der Waals surface area contributed by atoms with Gasteiger partial charge in [-0.15, -0.1) is 0 Å². The zero-order valence-corrected chi connectivity index (χ0v) is 23.2. The van der Waals surface area contributed by atoms with Crippen LogP contribution in [0.25, 0.3) is 21.0 Å². The van der Waals surface area contributed by atoms with Crippen molar-refractivity contribution in [1.29, 1.82) is 0 Å². The number of benzene rings is 2. The SMILES string of the molecule is CC1(S(=O)(=O)n2cc(C(=O)CCN3CCN(c4nsc5ccccc45)CC3)c3ccccc32)C=C(F)C=CC1. The van der Waals surface area contributed by atoms with Crippen LogP contribution >= 0.6 is 11.5 Å². The Bertz CT molecular complexity index is 1730. The normalized spacial score (nSPS) is 20.6. The van der Waals surface area contributed by atoms with Crippen molar-refractivity contribution in [3.8, 4) is 0 Å². The lowest BCUT2D eigenvalue weighted by Crippen LogP contribution is -2.47. The van der Waals surface area contributed by atoms with Crippen LogP contribution in [0.5, 0.6) is 0 Å². The molecular weight excluding hydrogens is 535 g/mol. The number of ketones is 1. The van der Waals surface area contributed by atoms with Crippen LogP contribution in [0.15, 0.2) is 78.8 Å². The van der Waals surface area contributed by atoms with Gasteiger partial charge in [-0.05, 0) is 55.2 Å². The molecule has 1 aliphatic heterocycles. The molecule has 1 atom stereocenters. The Balaban J connectivity index is 1.17. The highest BCUT2D eigenvalue weighted by atomic mass is 32.2. The van der Waals surface area contributed by atoms with Gasteiger partial charge in [0.1, 0.15) is 16.4 Å². The first-order valence-electron chi connectivity index (χ1n) is 13.0. The molecule has 1 saturated heterocycles. The van der Waals surface area contributed by atoms with Gasteiger partial charge in [-0.1, -0.05) is 36.4 Å². The van der Waals surface area contributed by atoms with E-state index in [-0.39, 0.29) is 18.6 Å². The average molecular weight is 565 g/mol. The molecule has 0 amide bonds. The van der Waals surface area contributed by atoms with Crippen molar-refractivity contribution >= 4 is 54.1 Å². The van der Waals surface area contributed by atoms with Crippen LogP contribution in [-0.4, -0.2) is 64.9 Å². The maximum Gasteiger partial charge on any atom is 0.248 e. The minimum absolute atomic E-state index is 0.108. The number of rotatable bonds is 7. The summed E-state index contributed by atoms with van der Waals surface area (Å²) in [4.78, 5) is 18.0. The molecular formula is C29H29FN4O3S2. The fourth-order valence-corrected chi connectivity index (χ4v) is 7.93. The average Bonchev–Trinajstić information content (AvgIpc) is 3.54. The number of allylic oxidation sites excluding steroid dienone is 3. The molecule has 0 saturated carbocycles. The van der Waals surface area contributed by atoms with Crippen LogP contribution in [-0.2, 0) is 10.0 Å². The van der Waals surface area contributed by atoms with Crippen LogP contribution in [0.1, 0.15) is 30.1 Å². The molecule has 1 aliphatic carbocycles. The molecule has 0 N–H and O–H groups in total. The molecule has 6 rings (SSSR count). The van der Waals surface area contributed by atoms with Crippen LogP contribution in [0.3, 0.4) is 0 Å². The molecule has 3 heterocycles. The highest BCUT2D eigenvalue weighted by Gasteiger charge is 2.40. The monoisotopic (exact) mass is 564 g/mol. The first-order valence-corrected chi connectivity index (χ1v) is 15.2. The maximum absolute atomic E-state index is 14.1. The molecule has 202 valence electrons. The zero-order valence-electron chi connectivity index (χ0n) is 21.6. The fourth-order valence-electron chi connectivity index (χ4n) is 5.46. The standard InChI is InChI=1S/C29H29FN4O3S2/c1-29(13-6-7-21(30)19-29)39(36,37)34-20-24(22-8-2-4-10-25(22)34)26(35)12-14-32-15-17-33(18-16-32)28-23-9-3-5-11-27(23)38-31-28/h2-11,19-20H,12-18H2,1H3. The van der Waals surface area contributed by atoms with E-state index in [2.05, 4.69) is 26.3 Å². The molecule has 7 nitrogen and oxygen atoms in total. The first kappa shape index (κ1) is 25.9. The van der Waals surface area contributed by atoms with E-state index in [4.69, 9.17) is 0 Å². The van der Waals surface area contributed by atoms with Gasteiger partial charge >= 0.3 is 0 Å². The largest absolute Gasteiger partial charge is 0.353 e. The van der Waals surface area contributed by atoms with E-state index >= 15 is 0 Å². The van der Waals surface area contributed by atoms with Gasteiger partial charge in [0.2, 0.25) is 10.0 Å². The summed E-state index contributed by atoms with van der Waals surface area (Å²) in [5, 5.41) is 1.76. The summed E-state index contributed by atoms with van der Waals surface area (Å²) in [5.41, 5.74) is 0.802. The van der Waals surface area contributed by atoms with Gasteiger partial charge in [0.15, 0.2) is 5.78 Å². The van der Waals surface area contributed by atoms with Gasteiger partial charge in [0, 0.05) is 61.7 Å². The van der Waals surface area contributed by atoms with E-state index in [1.807, 2.05) is 12.1 Å². The summed E-state index contributed by atoms with van der Waals surface area (Å²) < 4.78 is 47.0. The number of para-hydroxylation sites is 1. The number of Topliss-reactive ketones (excluding diaryl/α,β-unsaturated/α-hetero) is 1. The summed E-state index contributed by atoms with van der Waals surface area (Å²) in [5.74, 6) is 0.337. The fraction of sp³-hybridized carbons (Fsp3) is 0.310. The Morgan fingerprint density at radius 3 is 2.54 bits per heavy atom. The summed E-state index contributed by atoms with van der Waals surface area (Å²) >= 11 is 1.51. The Morgan fingerprint density at radius 1 is 1.05 bits per heavy atom. The summed E-state index contributed by atoms with van der Waals surface area (Å²) in [6.45, 7) is 5.40. The second kappa shape index (κ2) is 10.0. The lowest BCUT2D eigenvalue weighted by atomic mass is 10.0. The minimum atomic E-state index is -4.04. The van der Waals surface area contributed by atoms with E-state index in [0.29, 0.717) is 23.0 Å². The van der Waals surface area contributed by atoms with Gasteiger partial charge in [0.25, 0.3) is 0 Å². The van der Waals surface area contributed by atoms with Crippen molar-refractivity contribution < 1.29 is 17.6 Å². The molecule has 0 radical (unpaired) electrons. The number of nitrogens with zero attached hydrogens (tertiary/aromatic N) is 4. The van der Waals surface area contributed by atoms with E-state index in [1.165, 1.54) is 46.9 Å². The van der Waals surface area contributed by atoms with Gasteiger partial charge < -0.3 is 4.90 Å². The van der Waals surface area contributed by atoms with Gasteiger partial charge in [-0.3, -0.25) is 9.69 Å². The molecule has 2 aromatic carbocycles. The lowest BCUT2D eigenvalue weighted by Gasteiger charge is -2.34. The molecule has 0 spiro atoms. The van der Waals surface area contributed by atoms with E-state index in [0.717, 1.165) is 42.0 Å². The zero-order chi connectivity index (χ0) is 27.2. The molecule has 2 aliphatic rings. The van der Waals surface area contributed by atoms with Crippen molar-refractivity contribution in [2.24, 2.45) is 0 Å². The highest BCUT2D eigenvalue weighted by molar-refractivity contribution is 7.91. The summed E-state index contributed by atoms with van der Waals surface area (Å²) in [6, 6.07) is 15.2. The third-order valence-corrected chi connectivity index (χ3v) is 10.9. The van der Waals surface area contributed by atoms with Gasteiger partial charge in [-0.25, -0.2) is 16.8 Å². The Hall–Kier alpha value is -3.34. The van der Waals surface area contributed by atoms with Crippen LogP contribution in [0.4, 0.5) is 10.2 Å². The van der Waals surface area contributed by atoms with Crippen molar-refractivity contribution in [2.75, 3.05) is 37.6 Å². The third kappa shape index (κ3) is 4.60. The van der Waals surface area contributed by atoms with E-state index in [1.54, 1.807) is 24.3 Å². The Morgan fingerprint density at radius 2 is 1.77 bits per heavy atom. The Kier molecular flexibility index (Phi) is 6.65. The third-order valence-electron chi connectivity index (χ3n) is 7.76. The molecule has 4 aromatic rings. The first-order chi connectivity index (χ1) is 18.8. The molecule has 1 unspecified atom stereocenters. The number of fused-ring (bicyclic) bond motifs is 2. The number of hydrogen-bond donors (Lipinski definition) is 0. The van der Waals surface area contributed by atoms with Crippen molar-refractivity contribution in [3.63, 3.8) is 0 Å². The van der Waals surface area contributed by atoms with Crippen molar-refractivity contribution in [3.05, 3.63) is 84.3 Å². The number of halogens is 1. The molecule has 10 heteroatoms. The summed E-state index contributed by atoms with van der Waals surface area (Å²) in [6.07, 6.45) is 5.80. The minimum Gasteiger partial charge on any atom is -0.353 e. The quantitative estimate of drug-likeness (QED) is 0.280. The van der Waals surface area contributed by atoms with Crippen LogP contribution in [0.2, 0.25) is 0 Å². The number of aromatic nitrogens is 2. The lowest BCUT2D eigenvalue weighted by molar-refractivity contribution is 0.0964. The number of carbonyl (C=O) groups is 1. The van der Waals surface area contributed by atoms with E-state index < -0.39 is 20.6 Å². The Labute approximate surface area is 231 Å². The second-order valence-corrected chi connectivity index (χ2v) is 13.4.